The third kappa shape index (κ3) is 5.17. The van der Waals surface area contributed by atoms with Gasteiger partial charge in [-0.15, -0.1) is 0 Å². The van der Waals surface area contributed by atoms with Crippen molar-refractivity contribution in [2.24, 2.45) is 5.92 Å². The van der Waals surface area contributed by atoms with E-state index in [1.165, 1.54) is 0 Å². The topological polar surface area (TPSA) is 84.9 Å². The molecular formula is C23H26N2O5. The van der Waals surface area contributed by atoms with Crippen molar-refractivity contribution in [3.63, 3.8) is 0 Å². The molecule has 7 heteroatoms. The van der Waals surface area contributed by atoms with E-state index in [4.69, 9.17) is 9.47 Å². The second-order valence-corrected chi connectivity index (χ2v) is 7.16. The van der Waals surface area contributed by atoms with Crippen molar-refractivity contribution in [1.82, 2.24) is 10.2 Å². The van der Waals surface area contributed by atoms with E-state index in [9.17, 15) is 14.4 Å². The van der Waals surface area contributed by atoms with Crippen molar-refractivity contribution >= 4 is 17.6 Å². The first-order valence-corrected chi connectivity index (χ1v) is 9.90. The summed E-state index contributed by atoms with van der Waals surface area (Å²) < 4.78 is 10.2. The van der Waals surface area contributed by atoms with E-state index in [1.54, 1.807) is 67.7 Å². The number of piperidine rings is 1. The van der Waals surface area contributed by atoms with E-state index in [0.717, 1.165) is 0 Å². The van der Waals surface area contributed by atoms with Crippen LogP contribution in [0.15, 0.2) is 48.5 Å². The predicted octanol–water partition coefficient (Wildman–Crippen LogP) is 2.56. The average Bonchev–Trinajstić information content (AvgIpc) is 2.82. The minimum atomic E-state index is -0.310. The molecule has 0 aliphatic carbocycles. The highest BCUT2D eigenvalue weighted by Crippen LogP contribution is 2.23. The van der Waals surface area contributed by atoms with Gasteiger partial charge in [0.15, 0.2) is 5.78 Å². The van der Waals surface area contributed by atoms with E-state index < -0.39 is 0 Å². The Morgan fingerprint density at radius 2 is 1.37 bits per heavy atom. The van der Waals surface area contributed by atoms with Crippen LogP contribution in [0.3, 0.4) is 0 Å². The van der Waals surface area contributed by atoms with E-state index in [-0.39, 0.29) is 30.1 Å². The SMILES string of the molecule is COc1ccc(C(=O)NCC(=O)N2CCC(C(=O)c3ccc(OC)cc3)CC2)cc1. The summed E-state index contributed by atoms with van der Waals surface area (Å²) in [6.07, 6.45) is 1.23. The standard InChI is InChI=1S/C23H26N2O5/c1-29-19-7-3-16(4-8-19)22(27)17-11-13-25(14-12-17)21(26)15-24-23(28)18-5-9-20(30-2)10-6-18/h3-10,17H,11-15H2,1-2H3,(H,24,28). The van der Waals surface area contributed by atoms with Crippen LogP contribution >= 0.6 is 0 Å². The molecule has 0 aromatic heterocycles. The zero-order chi connectivity index (χ0) is 21.5. The van der Waals surface area contributed by atoms with E-state index in [1.807, 2.05) is 0 Å². The third-order valence-corrected chi connectivity index (χ3v) is 5.35. The summed E-state index contributed by atoms with van der Waals surface area (Å²) in [5, 5.41) is 2.65. The van der Waals surface area contributed by atoms with Crippen LogP contribution in [0.4, 0.5) is 0 Å². The third-order valence-electron chi connectivity index (χ3n) is 5.35. The van der Waals surface area contributed by atoms with Crippen molar-refractivity contribution in [2.75, 3.05) is 33.9 Å². The fraction of sp³-hybridized carbons (Fsp3) is 0.348. The second kappa shape index (κ2) is 9.91. The molecule has 7 nitrogen and oxygen atoms in total. The van der Waals surface area contributed by atoms with Gasteiger partial charge in [-0.1, -0.05) is 0 Å². The highest BCUT2D eigenvalue weighted by Gasteiger charge is 2.28. The van der Waals surface area contributed by atoms with E-state index >= 15 is 0 Å². The number of hydrogen-bond acceptors (Lipinski definition) is 5. The molecule has 1 N–H and O–H groups in total. The van der Waals surface area contributed by atoms with Crippen molar-refractivity contribution in [3.05, 3.63) is 59.7 Å². The average molecular weight is 410 g/mol. The Kier molecular flexibility index (Phi) is 7.06. The molecule has 2 amide bonds. The summed E-state index contributed by atoms with van der Waals surface area (Å²) in [7, 11) is 3.14. The highest BCUT2D eigenvalue weighted by atomic mass is 16.5. The fourth-order valence-corrected chi connectivity index (χ4v) is 3.49. The molecule has 0 unspecified atom stereocenters. The van der Waals surface area contributed by atoms with Crippen molar-refractivity contribution in [2.45, 2.75) is 12.8 Å². The summed E-state index contributed by atoms with van der Waals surface area (Å²) in [5.41, 5.74) is 1.12. The van der Waals surface area contributed by atoms with Crippen molar-refractivity contribution < 1.29 is 23.9 Å². The van der Waals surface area contributed by atoms with Gasteiger partial charge in [-0.25, -0.2) is 0 Å². The molecule has 0 radical (unpaired) electrons. The summed E-state index contributed by atoms with van der Waals surface area (Å²) in [5.74, 6) is 0.912. The van der Waals surface area contributed by atoms with Crippen molar-refractivity contribution in [1.29, 1.82) is 0 Å². The van der Waals surface area contributed by atoms with Gasteiger partial charge < -0.3 is 19.7 Å². The molecule has 158 valence electrons. The zero-order valence-corrected chi connectivity index (χ0v) is 17.2. The maximum Gasteiger partial charge on any atom is 0.251 e. The Labute approximate surface area is 176 Å². The van der Waals surface area contributed by atoms with Gasteiger partial charge in [0.05, 0.1) is 20.8 Å². The highest BCUT2D eigenvalue weighted by molar-refractivity contribution is 5.98. The molecule has 2 aromatic rings. The lowest BCUT2D eigenvalue weighted by Gasteiger charge is -2.31. The second-order valence-electron chi connectivity index (χ2n) is 7.16. The van der Waals surface area contributed by atoms with Gasteiger partial charge in [-0.2, -0.15) is 0 Å². The lowest BCUT2D eigenvalue weighted by molar-refractivity contribution is -0.131. The van der Waals surface area contributed by atoms with Crippen molar-refractivity contribution in [3.8, 4) is 11.5 Å². The van der Waals surface area contributed by atoms with Crippen LogP contribution in [0, 0.1) is 5.92 Å². The van der Waals surface area contributed by atoms with Crippen LogP contribution < -0.4 is 14.8 Å². The predicted molar refractivity (Wildman–Crippen MR) is 112 cm³/mol. The molecule has 0 bridgehead atoms. The Balaban J connectivity index is 1.46. The molecule has 1 aliphatic heterocycles. The van der Waals surface area contributed by atoms with Gasteiger partial charge >= 0.3 is 0 Å². The maximum absolute atomic E-state index is 12.7. The first-order chi connectivity index (χ1) is 14.5. The number of ether oxygens (including phenoxy) is 2. The Bertz CT molecular complexity index is 885. The quantitative estimate of drug-likeness (QED) is 0.709. The van der Waals surface area contributed by atoms with Crippen LogP contribution in [0.25, 0.3) is 0 Å². The molecule has 0 saturated carbocycles. The summed E-state index contributed by atoms with van der Waals surface area (Å²) in [6, 6.07) is 13.8. The van der Waals surface area contributed by atoms with Gasteiger partial charge in [-0.05, 0) is 61.4 Å². The lowest BCUT2D eigenvalue weighted by atomic mass is 9.89. The Hall–Kier alpha value is -3.35. The number of carbonyl (C=O) groups is 3. The number of carbonyl (C=O) groups excluding carboxylic acids is 3. The smallest absolute Gasteiger partial charge is 0.251 e. The van der Waals surface area contributed by atoms with Crippen LogP contribution in [-0.2, 0) is 4.79 Å². The maximum atomic E-state index is 12.7. The summed E-state index contributed by atoms with van der Waals surface area (Å²) >= 11 is 0. The summed E-state index contributed by atoms with van der Waals surface area (Å²) in [6.45, 7) is 0.940. The molecule has 0 atom stereocenters. The van der Waals surface area contributed by atoms with E-state index in [0.29, 0.717) is 48.6 Å². The number of Topliss-reactive ketones (excluding diaryl/α,β-unsaturated/α-hetero) is 1. The van der Waals surface area contributed by atoms with Gasteiger partial charge in [0.2, 0.25) is 5.91 Å². The molecule has 30 heavy (non-hydrogen) atoms. The van der Waals surface area contributed by atoms with Crippen LogP contribution in [0.2, 0.25) is 0 Å². The number of nitrogens with one attached hydrogen (secondary N) is 1. The van der Waals surface area contributed by atoms with Gasteiger partial charge in [0.25, 0.3) is 5.91 Å². The fourth-order valence-electron chi connectivity index (χ4n) is 3.49. The Morgan fingerprint density at radius 1 is 0.867 bits per heavy atom. The number of likely N-dealkylation sites (tertiary alicyclic amines) is 1. The number of ketones is 1. The molecule has 1 aliphatic rings. The largest absolute Gasteiger partial charge is 0.497 e. The van der Waals surface area contributed by atoms with Gasteiger partial charge in [0, 0.05) is 30.1 Å². The zero-order valence-electron chi connectivity index (χ0n) is 17.2. The normalized spacial score (nSPS) is 14.1. The van der Waals surface area contributed by atoms with Crippen LogP contribution in [0.5, 0.6) is 11.5 Å². The van der Waals surface area contributed by atoms with Crippen LogP contribution in [-0.4, -0.2) is 56.4 Å². The monoisotopic (exact) mass is 410 g/mol. The molecule has 3 rings (SSSR count). The van der Waals surface area contributed by atoms with Crippen LogP contribution in [0.1, 0.15) is 33.6 Å². The number of benzene rings is 2. The molecular weight excluding hydrogens is 384 g/mol. The number of hydrogen-bond donors (Lipinski definition) is 1. The molecule has 2 aromatic carbocycles. The molecule has 1 fully saturated rings. The van der Waals surface area contributed by atoms with E-state index in [2.05, 4.69) is 5.32 Å². The number of amides is 2. The first-order valence-electron chi connectivity index (χ1n) is 9.90. The first kappa shape index (κ1) is 21.4. The minimum Gasteiger partial charge on any atom is -0.497 e. The number of rotatable bonds is 7. The lowest BCUT2D eigenvalue weighted by Crippen LogP contribution is -2.45. The minimum absolute atomic E-state index is 0.0675. The molecule has 1 saturated heterocycles. The molecule has 0 spiro atoms. The van der Waals surface area contributed by atoms with Gasteiger partial charge in [-0.3, -0.25) is 14.4 Å². The summed E-state index contributed by atoms with van der Waals surface area (Å²) in [4.78, 5) is 39.0. The molecule has 1 heterocycles. The number of nitrogens with zero attached hydrogens (tertiary/aromatic N) is 1. The van der Waals surface area contributed by atoms with Gasteiger partial charge in [0.1, 0.15) is 11.5 Å². The Morgan fingerprint density at radius 3 is 1.87 bits per heavy atom. The number of methoxy groups -OCH3 is 2.